The molecule has 0 atom stereocenters. The number of halogens is 1. The first-order chi connectivity index (χ1) is 9.56. The monoisotopic (exact) mass is 309 g/mol. The highest BCUT2D eigenvalue weighted by Crippen LogP contribution is 2.22. The average Bonchev–Trinajstić information content (AvgIpc) is 2.86. The summed E-state index contributed by atoms with van der Waals surface area (Å²) >= 11 is 6.87. The van der Waals surface area contributed by atoms with Crippen molar-refractivity contribution < 1.29 is 14.7 Å². The molecule has 2 N–H and O–H groups in total. The number of rotatable bonds is 5. The maximum Gasteiger partial charge on any atom is 0.348 e. The number of benzene rings is 1. The van der Waals surface area contributed by atoms with E-state index in [1.807, 2.05) is 12.1 Å². The van der Waals surface area contributed by atoms with E-state index in [9.17, 15) is 9.59 Å². The molecule has 0 bridgehead atoms. The molecule has 104 valence electrons. The number of nitrogens with one attached hydrogen (secondary N) is 1. The molecule has 0 aliphatic carbocycles. The number of anilines is 1. The van der Waals surface area contributed by atoms with Gasteiger partial charge in [0.25, 0.3) is 0 Å². The van der Waals surface area contributed by atoms with Crippen LogP contribution in [0.15, 0.2) is 35.7 Å². The third kappa shape index (κ3) is 3.82. The molecule has 0 aliphatic rings. The highest BCUT2D eigenvalue weighted by molar-refractivity contribution is 7.12. The van der Waals surface area contributed by atoms with Crippen molar-refractivity contribution in [3.05, 3.63) is 51.2 Å². The molecule has 0 spiro atoms. The molecular weight excluding hydrogens is 298 g/mol. The van der Waals surface area contributed by atoms with Gasteiger partial charge in [0.15, 0.2) is 0 Å². The van der Waals surface area contributed by atoms with Gasteiger partial charge in [-0.05, 0) is 35.6 Å². The van der Waals surface area contributed by atoms with E-state index in [0.717, 1.165) is 16.9 Å². The van der Waals surface area contributed by atoms with Gasteiger partial charge in [-0.3, -0.25) is 4.79 Å². The molecule has 20 heavy (non-hydrogen) atoms. The Morgan fingerprint density at radius 3 is 2.55 bits per heavy atom. The quantitative estimate of drug-likeness (QED) is 0.885. The van der Waals surface area contributed by atoms with Crippen LogP contribution in [0.1, 0.15) is 21.7 Å². The highest BCUT2D eigenvalue weighted by Gasteiger charge is 2.13. The van der Waals surface area contributed by atoms with Gasteiger partial charge >= 0.3 is 5.97 Å². The Balaban J connectivity index is 1.91. The number of aromatic carboxylic acids is 1. The Hall–Kier alpha value is -1.85. The summed E-state index contributed by atoms with van der Waals surface area (Å²) in [7, 11) is 0. The lowest BCUT2D eigenvalue weighted by Gasteiger charge is -2.05. The Kier molecular flexibility index (Phi) is 4.76. The molecule has 2 rings (SSSR count). The third-order valence-corrected chi connectivity index (χ3v) is 3.84. The molecule has 0 radical (unpaired) electrons. The van der Waals surface area contributed by atoms with Crippen LogP contribution in [0.25, 0.3) is 0 Å². The minimum Gasteiger partial charge on any atom is -0.477 e. The molecule has 1 amide bonds. The van der Waals surface area contributed by atoms with Crippen molar-refractivity contribution >= 4 is 40.5 Å². The first-order valence-corrected chi connectivity index (χ1v) is 7.17. The van der Waals surface area contributed by atoms with E-state index in [2.05, 4.69) is 5.32 Å². The standard InChI is InChI=1S/C14H12ClNO3S/c15-10-4-1-9(2-5-10)3-6-12(17)16-11-7-8-20-13(11)14(18)19/h1-2,4-5,7-8H,3,6H2,(H,16,17)(H,18,19). The van der Waals surface area contributed by atoms with Gasteiger partial charge in [-0.15, -0.1) is 11.3 Å². The zero-order valence-corrected chi connectivity index (χ0v) is 12.0. The summed E-state index contributed by atoms with van der Waals surface area (Å²) in [6.45, 7) is 0. The maximum atomic E-state index is 11.8. The first kappa shape index (κ1) is 14.6. The topological polar surface area (TPSA) is 66.4 Å². The molecule has 1 aromatic heterocycles. The van der Waals surface area contributed by atoms with Crippen molar-refractivity contribution in [1.29, 1.82) is 0 Å². The van der Waals surface area contributed by atoms with Gasteiger partial charge in [0, 0.05) is 11.4 Å². The molecular formula is C14H12ClNO3S. The number of carboxylic acid groups (broad SMARTS) is 1. The van der Waals surface area contributed by atoms with Crippen molar-refractivity contribution in [3.8, 4) is 0 Å². The largest absolute Gasteiger partial charge is 0.477 e. The fourth-order valence-corrected chi connectivity index (χ4v) is 2.51. The Bertz CT molecular complexity index is 622. The minimum atomic E-state index is -1.03. The van der Waals surface area contributed by atoms with E-state index in [1.165, 1.54) is 0 Å². The van der Waals surface area contributed by atoms with Gasteiger partial charge in [0.2, 0.25) is 5.91 Å². The first-order valence-electron chi connectivity index (χ1n) is 5.91. The Morgan fingerprint density at radius 2 is 1.90 bits per heavy atom. The van der Waals surface area contributed by atoms with Crippen LogP contribution in [0.2, 0.25) is 5.02 Å². The third-order valence-electron chi connectivity index (χ3n) is 2.69. The summed E-state index contributed by atoms with van der Waals surface area (Å²) in [6.07, 6.45) is 0.867. The molecule has 0 saturated carbocycles. The SMILES string of the molecule is O=C(CCc1ccc(Cl)cc1)Nc1ccsc1C(=O)O. The number of carboxylic acids is 1. The zero-order valence-electron chi connectivity index (χ0n) is 10.4. The van der Waals surface area contributed by atoms with E-state index < -0.39 is 5.97 Å². The van der Waals surface area contributed by atoms with Crippen LogP contribution >= 0.6 is 22.9 Å². The number of carbonyl (C=O) groups excluding carboxylic acids is 1. The van der Waals surface area contributed by atoms with Crippen molar-refractivity contribution in [2.75, 3.05) is 5.32 Å². The molecule has 2 aromatic rings. The smallest absolute Gasteiger partial charge is 0.348 e. The van der Waals surface area contributed by atoms with E-state index in [4.69, 9.17) is 16.7 Å². The predicted octanol–water partition coefficient (Wildman–Crippen LogP) is 3.67. The van der Waals surface area contributed by atoms with E-state index >= 15 is 0 Å². The fourth-order valence-electron chi connectivity index (χ4n) is 1.69. The highest BCUT2D eigenvalue weighted by atomic mass is 35.5. The second-order valence-corrected chi connectivity index (χ2v) is 5.50. The predicted molar refractivity (Wildman–Crippen MR) is 79.7 cm³/mol. The molecule has 1 aromatic carbocycles. The van der Waals surface area contributed by atoms with Crippen LogP contribution in [0, 0.1) is 0 Å². The fraction of sp³-hybridized carbons (Fsp3) is 0.143. The van der Waals surface area contributed by atoms with Crippen LogP contribution in [0.3, 0.4) is 0 Å². The summed E-state index contributed by atoms with van der Waals surface area (Å²) in [4.78, 5) is 22.9. The normalized spacial score (nSPS) is 10.2. The summed E-state index contributed by atoms with van der Waals surface area (Å²) in [6, 6.07) is 8.87. The van der Waals surface area contributed by atoms with Crippen molar-refractivity contribution in [2.45, 2.75) is 12.8 Å². The van der Waals surface area contributed by atoms with Crippen LogP contribution in [0.5, 0.6) is 0 Å². The number of hydrogen-bond acceptors (Lipinski definition) is 3. The van der Waals surface area contributed by atoms with Gasteiger partial charge in [-0.2, -0.15) is 0 Å². The second kappa shape index (κ2) is 6.54. The zero-order chi connectivity index (χ0) is 14.5. The summed E-state index contributed by atoms with van der Waals surface area (Å²) < 4.78 is 0. The van der Waals surface area contributed by atoms with Crippen molar-refractivity contribution in [2.24, 2.45) is 0 Å². The van der Waals surface area contributed by atoms with E-state index in [0.29, 0.717) is 17.1 Å². The molecule has 0 saturated heterocycles. The molecule has 4 nitrogen and oxygen atoms in total. The number of hydrogen-bond donors (Lipinski definition) is 2. The minimum absolute atomic E-state index is 0.143. The molecule has 0 unspecified atom stereocenters. The number of thiophene rings is 1. The lowest BCUT2D eigenvalue weighted by molar-refractivity contribution is -0.116. The van der Waals surface area contributed by atoms with Crippen LogP contribution < -0.4 is 5.32 Å². The number of amides is 1. The van der Waals surface area contributed by atoms with Gasteiger partial charge in [0.1, 0.15) is 4.88 Å². The van der Waals surface area contributed by atoms with E-state index in [-0.39, 0.29) is 17.2 Å². The average molecular weight is 310 g/mol. The maximum absolute atomic E-state index is 11.8. The molecule has 0 aliphatic heterocycles. The Labute approximate surface area is 125 Å². The van der Waals surface area contributed by atoms with Crippen LogP contribution in [-0.2, 0) is 11.2 Å². The summed E-state index contributed by atoms with van der Waals surface area (Å²) in [5.74, 6) is -1.24. The van der Waals surface area contributed by atoms with Crippen molar-refractivity contribution in [3.63, 3.8) is 0 Å². The van der Waals surface area contributed by atoms with Crippen LogP contribution in [-0.4, -0.2) is 17.0 Å². The summed E-state index contributed by atoms with van der Waals surface area (Å²) in [5.41, 5.74) is 1.36. The van der Waals surface area contributed by atoms with Gasteiger partial charge in [-0.1, -0.05) is 23.7 Å². The number of aryl methyl sites for hydroxylation is 1. The second-order valence-electron chi connectivity index (χ2n) is 4.14. The molecule has 0 fully saturated rings. The van der Waals surface area contributed by atoms with E-state index in [1.54, 1.807) is 23.6 Å². The van der Waals surface area contributed by atoms with Crippen LogP contribution in [0.4, 0.5) is 5.69 Å². The lowest BCUT2D eigenvalue weighted by atomic mass is 10.1. The Morgan fingerprint density at radius 1 is 1.20 bits per heavy atom. The molecule has 6 heteroatoms. The number of carbonyl (C=O) groups is 2. The summed E-state index contributed by atoms with van der Waals surface area (Å²) in [5, 5.41) is 13.9. The van der Waals surface area contributed by atoms with Gasteiger partial charge in [-0.25, -0.2) is 4.79 Å². The molecule has 1 heterocycles. The van der Waals surface area contributed by atoms with Gasteiger partial charge in [0.05, 0.1) is 5.69 Å². The van der Waals surface area contributed by atoms with Gasteiger partial charge < -0.3 is 10.4 Å². The lowest BCUT2D eigenvalue weighted by Crippen LogP contribution is -2.13. The van der Waals surface area contributed by atoms with Crippen molar-refractivity contribution in [1.82, 2.24) is 0 Å².